The molecular formula is C17H16ClF3N4O4S2. The van der Waals surface area contributed by atoms with E-state index in [-0.39, 0.29) is 22.3 Å². The van der Waals surface area contributed by atoms with Gasteiger partial charge in [-0.3, -0.25) is 9.79 Å². The second-order valence-corrected chi connectivity index (χ2v) is 9.06. The summed E-state index contributed by atoms with van der Waals surface area (Å²) in [7, 11) is -3.50. The summed E-state index contributed by atoms with van der Waals surface area (Å²) in [5.74, 6) is -1.11. The molecule has 14 heteroatoms. The molecule has 2 aromatic rings. The minimum atomic E-state index is -4.95. The van der Waals surface area contributed by atoms with Crippen molar-refractivity contribution in [3.8, 4) is 10.6 Å². The Morgan fingerprint density at radius 2 is 2.03 bits per heavy atom. The van der Waals surface area contributed by atoms with Crippen molar-refractivity contribution < 1.29 is 31.1 Å². The van der Waals surface area contributed by atoms with Crippen molar-refractivity contribution in [2.24, 2.45) is 10.7 Å². The summed E-state index contributed by atoms with van der Waals surface area (Å²) in [5, 5.41) is -0.787. The van der Waals surface area contributed by atoms with E-state index in [1.54, 1.807) is 13.0 Å². The van der Waals surface area contributed by atoms with Crippen molar-refractivity contribution >= 4 is 44.7 Å². The van der Waals surface area contributed by atoms with Crippen LogP contribution < -0.4 is 5.73 Å². The predicted octanol–water partition coefficient (Wildman–Crippen LogP) is 2.93. The summed E-state index contributed by atoms with van der Waals surface area (Å²) in [6, 6.07) is 5.76. The number of halogens is 4. The van der Waals surface area contributed by atoms with Crippen LogP contribution in [0.3, 0.4) is 0 Å². The van der Waals surface area contributed by atoms with Crippen LogP contribution in [0.1, 0.15) is 12.7 Å². The zero-order valence-electron chi connectivity index (χ0n) is 16.1. The van der Waals surface area contributed by atoms with Crippen molar-refractivity contribution in [1.29, 1.82) is 0 Å². The molecule has 0 saturated carbocycles. The van der Waals surface area contributed by atoms with Crippen molar-refractivity contribution in [2.75, 3.05) is 19.4 Å². The monoisotopic (exact) mass is 496 g/mol. The fourth-order valence-electron chi connectivity index (χ4n) is 2.14. The van der Waals surface area contributed by atoms with Gasteiger partial charge in [0.25, 0.3) is 0 Å². The number of nitrogens with two attached hydrogens (primary N) is 1. The molecule has 31 heavy (non-hydrogen) atoms. The number of nitrogens with zero attached hydrogens (tertiary/aromatic N) is 3. The Hall–Kier alpha value is -2.51. The normalized spacial score (nSPS) is 13.7. The Bertz CT molecular complexity index is 1140. The van der Waals surface area contributed by atoms with E-state index in [0.717, 1.165) is 17.8 Å². The van der Waals surface area contributed by atoms with Crippen molar-refractivity contribution in [3.05, 3.63) is 40.8 Å². The molecule has 8 nitrogen and oxygen atoms in total. The molecule has 0 amide bonds. The van der Waals surface area contributed by atoms with Gasteiger partial charge in [0.2, 0.25) is 0 Å². The summed E-state index contributed by atoms with van der Waals surface area (Å²) < 4.78 is 71.2. The first-order chi connectivity index (χ1) is 14.3. The zero-order chi connectivity index (χ0) is 23.4. The van der Waals surface area contributed by atoms with Crippen LogP contribution in [0.4, 0.5) is 13.2 Å². The Balaban J connectivity index is 2.53. The van der Waals surface area contributed by atoms with Gasteiger partial charge in [0.05, 0.1) is 16.5 Å². The minimum Gasteiger partial charge on any atom is -0.465 e. The van der Waals surface area contributed by atoms with Gasteiger partial charge in [0.1, 0.15) is 23.0 Å². The molecule has 2 N–H and O–H groups in total. The molecule has 1 aromatic carbocycles. The number of rotatable bonds is 7. The van der Waals surface area contributed by atoms with E-state index < -0.39 is 45.0 Å². The number of aromatic nitrogens is 2. The quantitative estimate of drug-likeness (QED) is 0.461. The fraction of sp³-hybridized carbons (Fsp3) is 0.294. The van der Waals surface area contributed by atoms with Crippen LogP contribution in [-0.2, 0) is 19.4 Å². The van der Waals surface area contributed by atoms with Crippen molar-refractivity contribution in [3.63, 3.8) is 0 Å². The van der Waals surface area contributed by atoms with Crippen LogP contribution in [0.2, 0.25) is 0 Å². The first kappa shape index (κ1) is 24.8. The molecule has 1 heterocycles. The Labute approximate surface area is 184 Å². The molecule has 0 bridgehead atoms. The SMILES string of the molecule is CCOC(=O)CN=C(C(Cl)=C(N)C(F)(F)F)c1nsc(-c2cccc(S(C)(=O)=O)c2)n1. The average Bonchev–Trinajstić information content (AvgIpc) is 3.16. The van der Waals surface area contributed by atoms with E-state index >= 15 is 0 Å². The first-order valence-electron chi connectivity index (χ1n) is 8.42. The lowest BCUT2D eigenvalue weighted by Gasteiger charge is -2.10. The molecule has 1 aromatic heterocycles. The predicted molar refractivity (Wildman–Crippen MR) is 110 cm³/mol. The second kappa shape index (κ2) is 9.75. The maximum Gasteiger partial charge on any atom is 0.432 e. The number of ether oxygens (including phenoxy) is 1. The van der Waals surface area contributed by atoms with E-state index in [2.05, 4.69) is 14.3 Å². The molecular weight excluding hydrogens is 481 g/mol. The standard InChI is InChI=1S/C17H16ClF3N4O4S2/c1-3-29-11(26)8-23-13(12(18)14(22)17(19,20)21)15-24-16(30-25-15)9-5-4-6-10(7-9)31(2,27)28/h4-7H,3,8,22H2,1-2H3. The first-order valence-corrected chi connectivity index (χ1v) is 11.5. The molecule has 0 unspecified atom stereocenters. The average molecular weight is 497 g/mol. The highest BCUT2D eigenvalue weighted by atomic mass is 35.5. The maximum atomic E-state index is 13.0. The third-order valence-electron chi connectivity index (χ3n) is 3.57. The zero-order valence-corrected chi connectivity index (χ0v) is 18.5. The highest BCUT2D eigenvalue weighted by Gasteiger charge is 2.36. The van der Waals surface area contributed by atoms with Crippen molar-refractivity contribution in [2.45, 2.75) is 18.0 Å². The van der Waals surface area contributed by atoms with Gasteiger partial charge in [0, 0.05) is 11.8 Å². The van der Waals surface area contributed by atoms with Crippen LogP contribution in [-0.4, -0.2) is 55.0 Å². The smallest absolute Gasteiger partial charge is 0.432 e. The van der Waals surface area contributed by atoms with E-state index in [9.17, 15) is 26.4 Å². The second-order valence-electron chi connectivity index (χ2n) is 5.92. The van der Waals surface area contributed by atoms with Gasteiger partial charge < -0.3 is 10.5 Å². The largest absolute Gasteiger partial charge is 0.465 e. The summed E-state index contributed by atoms with van der Waals surface area (Å²) >= 11 is 6.59. The fourth-order valence-corrected chi connectivity index (χ4v) is 3.72. The van der Waals surface area contributed by atoms with E-state index in [1.165, 1.54) is 18.2 Å². The number of sulfone groups is 1. The molecule has 0 radical (unpaired) electrons. The Morgan fingerprint density at radius 3 is 2.61 bits per heavy atom. The van der Waals surface area contributed by atoms with Crippen LogP contribution in [0.15, 0.2) is 44.9 Å². The van der Waals surface area contributed by atoms with Gasteiger partial charge in [-0.25, -0.2) is 13.4 Å². The van der Waals surface area contributed by atoms with Gasteiger partial charge >= 0.3 is 12.1 Å². The van der Waals surface area contributed by atoms with Crippen LogP contribution >= 0.6 is 23.1 Å². The molecule has 0 spiro atoms. The lowest BCUT2D eigenvalue weighted by molar-refractivity contribution is -0.141. The summed E-state index contributed by atoms with van der Waals surface area (Å²) in [4.78, 5) is 19.5. The lowest BCUT2D eigenvalue weighted by Crippen LogP contribution is -2.24. The minimum absolute atomic E-state index is 0.0252. The molecule has 0 aliphatic carbocycles. The van der Waals surface area contributed by atoms with Gasteiger partial charge in [-0.2, -0.15) is 17.5 Å². The molecule has 0 aliphatic rings. The molecule has 0 aliphatic heterocycles. The van der Waals surface area contributed by atoms with E-state index in [0.29, 0.717) is 5.56 Å². The number of hydrogen-bond acceptors (Lipinski definition) is 9. The van der Waals surface area contributed by atoms with Crippen LogP contribution in [0, 0.1) is 0 Å². The summed E-state index contributed by atoms with van der Waals surface area (Å²) in [6.07, 6.45) is -3.92. The molecule has 168 valence electrons. The third-order valence-corrected chi connectivity index (χ3v) is 5.83. The van der Waals surface area contributed by atoms with Gasteiger partial charge in [-0.15, -0.1) is 0 Å². The van der Waals surface area contributed by atoms with Gasteiger partial charge in [0.15, 0.2) is 15.7 Å². The molecule has 0 saturated heterocycles. The summed E-state index contributed by atoms with van der Waals surface area (Å²) in [6.45, 7) is 0.965. The van der Waals surface area contributed by atoms with E-state index in [4.69, 9.17) is 22.1 Å². The number of hydrogen-bond donors (Lipinski definition) is 1. The summed E-state index contributed by atoms with van der Waals surface area (Å²) in [5.41, 5.74) is 3.27. The number of carbonyl (C=O) groups excluding carboxylic acids is 1. The van der Waals surface area contributed by atoms with Gasteiger partial charge in [-0.1, -0.05) is 23.7 Å². The highest BCUT2D eigenvalue weighted by molar-refractivity contribution is 7.90. The molecule has 2 rings (SSSR count). The Morgan fingerprint density at radius 1 is 1.35 bits per heavy atom. The Kier molecular flexibility index (Phi) is 7.78. The number of alkyl halides is 3. The number of allylic oxidation sites excluding steroid dienone is 2. The lowest BCUT2D eigenvalue weighted by atomic mass is 10.2. The van der Waals surface area contributed by atoms with E-state index in [1.807, 2.05) is 0 Å². The number of carbonyl (C=O) groups is 1. The van der Waals surface area contributed by atoms with Gasteiger partial charge in [-0.05, 0) is 30.6 Å². The number of aliphatic imine (C=N–C) groups is 1. The molecule has 0 fully saturated rings. The topological polar surface area (TPSA) is 125 Å². The van der Waals surface area contributed by atoms with Crippen molar-refractivity contribution in [1.82, 2.24) is 9.36 Å². The van der Waals surface area contributed by atoms with Crippen LogP contribution in [0.25, 0.3) is 10.6 Å². The number of benzene rings is 1. The number of esters is 1. The third kappa shape index (κ3) is 6.48. The highest BCUT2D eigenvalue weighted by Crippen LogP contribution is 2.29. The van der Waals surface area contributed by atoms with Crippen LogP contribution in [0.5, 0.6) is 0 Å². The molecule has 0 atom stereocenters. The maximum absolute atomic E-state index is 13.0.